The zero-order valence-electron chi connectivity index (χ0n) is 16.3. The molecular weight excluding hydrogens is 358 g/mol. The normalized spacial score (nSPS) is 11.5. The lowest BCUT2D eigenvalue weighted by Gasteiger charge is -2.18. The van der Waals surface area contributed by atoms with E-state index < -0.39 is 18.1 Å². The molecule has 6 heteroatoms. The Morgan fingerprint density at radius 2 is 1.86 bits per heavy atom. The van der Waals surface area contributed by atoms with Crippen molar-refractivity contribution in [2.45, 2.75) is 45.3 Å². The number of unbranched alkanes of at least 4 members (excludes halogenated alkanes) is 1. The van der Waals surface area contributed by atoms with Crippen molar-refractivity contribution >= 4 is 12.1 Å². The average molecular weight is 385 g/mol. The molecular formula is C22H27NO5. The molecule has 0 aliphatic heterocycles. The predicted octanol–water partition coefficient (Wildman–Crippen LogP) is 3.75. The van der Waals surface area contributed by atoms with E-state index >= 15 is 0 Å². The van der Waals surface area contributed by atoms with Gasteiger partial charge in [-0.05, 0) is 41.7 Å². The second-order valence-electron chi connectivity index (χ2n) is 6.54. The quantitative estimate of drug-likeness (QED) is 0.642. The second-order valence-corrected chi connectivity index (χ2v) is 6.54. The molecule has 0 aromatic heterocycles. The molecule has 0 saturated carbocycles. The summed E-state index contributed by atoms with van der Waals surface area (Å²) in [6.07, 6.45) is 2.33. The van der Waals surface area contributed by atoms with Crippen LogP contribution >= 0.6 is 0 Å². The first-order valence-corrected chi connectivity index (χ1v) is 9.39. The van der Waals surface area contributed by atoms with E-state index in [-0.39, 0.29) is 18.8 Å². The third-order valence-electron chi connectivity index (χ3n) is 4.40. The highest BCUT2D eigenvalue weighted by atomic mass is 16.6. The zero-order valence-corrected chi connectivity index (χ0v) is 16.3. The minimum Gasteiger partial charge on any atom is -0.508 e. The molecule has 2 aromatic rings. The number of ether oxygens (including phenoxy) is 2. The van der Waals surface area contributed by atoms with Crippen LogP contribution in [0.5, 0.6) is 5.75 Å². The van der Waals surface area contributed by atoms with E-state index in [4.69, 9.17) is 9.47 Å². The van der Waals surface area contributed by atoms with Gasteiger partial charge in [-0.2, -0.15) is 0 Å². The Balaban J connectivity index is 2.05. The number of carbonyl (C=O) groups excluding carboxylic acids is 2. The monoisotopic (exact) mass is 385 g/mol. The summed E-state index contributed by atoms with van der Waals surface area (Å²) in [5.74, 6) is -0.370. The first kappa shape index (κ1) is 21.3. The number of hydrogen-bond donors (Lipinski definition) is 2. The van der Waals surface area contributed by atoms with E-state index in [0.29, 0.717) is 0 Å². The van der Waals surface area contributed by atoms with Crippen molar-refractivity contribution in [3.05, 3.63) is 65.2 Å². The van der Waals surface area contributed by atoms with Crippen molar-refractivity contribution in [2.24, 2.45) is 0 Å². The van der Waals surface area contributed by atoms with Gasteiger partial charge in [-0.15, -0.1) is 0 Å². The fourth-order valence-corrected chi connectivity index (χ4v) is 2.87. The molecule has 0 spiro atoms. The van der Waals surface area contributed by atoms with Crippen LogP contribution in [-0.2, 0) is 33.7 Å². The van der Waals surface area contributed by atoms with Crippen LogP contribution in [0, 0.1) is 0 Å². The van der Waals surface area contributed by atoms with Crippen LogP contribution in [0.3, 0.4) is 0 Å². The Morgan fingerprint density at radius 1 is 1.11 bits per heavy atom. The SMILES string of the molecule is CCCCc1cc(O)ccc1C[C@H](NC(=O)OCc1ccccc1)C(=O)OC. The van der Waals surface area contributed by atoms with Gasteiger partial charge in [0, 0.05) is 6.42 Å². The molecule has 0 aliphatic carbocycles. The average Bonchev–Trinajstić information content (AvgIpc) is 2.71. The molecule has 1 atom stereocenters. The number of amides is 1. The number of hydrogen-bond acceptors (Lipinski definition) is 5. The van der Waals surface area contributed by atoms with Gasteiger partial charge in [0.05, 0.1) is 7.11 Å². The molecule has 0 bridgehead atoms. The molecule has 28 heavy (non-hydrogen) atoms. The van der Waals surface area contributed by atoms with E-state index in [2.05, 4.69) is 12.2 Å². The summed E-state index contributed by atoms with van der Waals surface area (Å²) >= 11 is 0. The number of aromatic hydroxyl groups is 1. The Morgan fingerprint density at radius 3 is 2.54 bits per heavy atom. The molecule has 0 saturated heterocycles. The highest BCUT2D eigenvalue weighted by Crippen LogP contribution is 2.20. The van der Waals surface area contributed by atoms with Crippen LogP contribution in [0.1, 0.15) is 36.5 Å². The molecule has 0 heterocycles. The molecule has 150 valence electrons. The summed E-state index contributed by atoms with van der Waals surface area (Å²) in [7, 11) is 1.28. The number of rotatable bonds is 9. The van der Waals surface area contributed by atoms with Crippen LogP contribution in [0.15, 0.2) is 48.5 Å². The summed E-state index contributed by atoms with van der Waals surface area (Å²) < 4.78 is 10.0. The van der Waals surface area contributed by atoms with Crippen molar-refractivity contribution in [3.8, 4) is 5.75 Å². The smallest absolute Gasteiger partial charge is 0.408 e. The van der Waals surface area contributed by atoms with Crippen molar-refractivity contribution in [1.29, 1.82) is 0 Å². The first-order chi connectivity index (χ1) is 13.5. The van der Waals surface area contributed by atoms with Gasteiger partial charge in [-0.3, -0.25) is 0 Å². The van der Waals surface area contributed by atoms with Gasteiger partial charge in [0.2, 0.25) is 0 Å². The number of aryl methyl sites for hydroxylation is 1. The van der Waals surface area contributed by atoms with Gasteiger partial charge in [0.15, 0.2) is 0 Å². The second kappa shape index (κ2) is 11.0. The molecule has 1 amide bonds. The van der Waals surface area contributed by atoms with Crippen molar-refractivity contribution in [3.63, 3.8) is 0 Å². The molecule has 2 rings (SSSR count). The Labute approximate surface area is 165 Å². The van der Waals surface area contributed by atoms with E-state index in [0.717, 1.165) is 36.0 Å². The predicted molar refractivity (Wildman–Crippen MR) is 106 cm³/mol. The fourth-order valence-electron chi connectivity index (χ4n) is 2.87. The number of nitrogens with one attached hydrogen (secondary N) is 1. The van der Waals surface area contributed by atoms with E-state index in [1.807, 2.05) is 30.3 Å². The maximum atomic E-state index is 12.2. The summed E-state index contributed by atoms with van der Waals surface area (Å²) in [6, 6.07) is 13.5. The lowest BCUT2D eigenvalue weighted by Crippen LogP contribution is -2.43. The van der Waals surface area contributed by atoms with E-state index in [1.54, 1.807) is 18.2 Å². The van der Waals surface area contributed by atoms with Crippen LogP contribution in [0.25, 0.3) is 0 Å². The third-order valence-corrected chi connectivity index (χ3v) is 4.40. The maximum Gasteiger partial charge on any atom is 0.408 e. The summed E-state index contributed by atoms with van der Waals surface area (Å²) in [4.78, 5) is 24.3. The van der Waals surface area contributed by atoms with Crippen LogP contribution in [0.2, 0.25) is 0 Å². The maximum absolute atomic E-state index is 12.2. The molecule has 6 nitrogen and oxygen atoms in total. The minimum atomic E-state index is -0.877. The van der Waals surface area contributed by atoms with Gasteiger partial charge in [0.1, 0.15) is 18.4 Å². The number of benzene rings is 2. The standard InChI is InChI=1S/C22H27NO5/c1-3-4-10-17-13-19(24)12-11-18(17)14-20(21(25)27-2)23-22(26)28-15-16-8-6-5-7-9-16/h5-9,11-13,20,24H,3-4,10,14-15H2,1-2H3,(H,23,26)/t20-/m0/s1. The Bertz CT molecular complexity index is 776. The molecule has 0 aliphatic rings. The first-order valence-electron chi connectivity index (χ1n) is 9.39. The molecule has 2 N–H and O–H groups in total. The molecule has 0 fully saturated rings. The molecule has 2 aromatic carbocycles. The fraction of sp³-hybridized carbons (Fsp3) is 0.364. The summed E-state index contributed by atoms with van der Waals surface area (Å²) in [5, 5.41) is 12.4. The number of phenolic OH excluding ortho intramolecular Hbond substituents is 1. The highest BCUT2D eigenvalue weighted by Gasteiger charge is 2.24. The van der Waals surface area contributed by atoms with Crippen molar-refractivity contribution < 1.29 is 24.2 Å². The van der Waals surface area contributed by atoms with E-state index in [9.17, 15) is 14.7 Å². The minimum absolute atomic E-state index is 0.113. The number of carbonyl (C=O) groups is 2. The van der Waals surface area contributed by atoms with Crippen molar-refractivity contribution in [2.75, 3.05) is 7.11 Å². The lowest BCUT2D eigenvalue weighted by molar-refractivity contribution is -0.143. The number of phenols is 1. The van der Waals surface area contributed by atoms with Gasteiger partial charge in [0.25, 0.3) is 0 Å². The van der Waals surface area contributed by atoms with Crippen LogP contribution in [-0.4, -0.2) is 30.3 Å². The van der Waals surface area contributed by atoms with Gasteiger partial charge < -0.3 is 19.9 Å². The number of methoxy groups -OCH3 is 1. The molecule has 0 unspecified atom stereocenters. The van der Waals surface area contributed by atoms with Crippen LogP contribution < -0.4 is 5.32 Å². The highest BCUT2D eigenvalue weighted by molar-refractivity contribution is 5.81. The Kier molecular flexibility index (Phi) is 8.34. The van der Waals surface area contributed by atoms with Gasteiger partial charge in [-0.1, -0.05) is 49.7 Å². The Hall–Kier alpha value is -3.02. The topological polar surface area (TPSA) is 84.9 Å². The third kappa shape index (κ3) is 6.61. The van der Waals surface area contributed by atoms with Gasteiger partial charge >= 0.3 is 12.1 Å². The number of alkyl carbamates (subject to hydrolysis) is 1. The van der Waals surface area contributed by atoms with Crippen molar-refractivity contribution in [1.82, 2.24) is 5.32 Å². The molecule has 0 radical (unpaired) electrons. The summed E-state index contributed by atoms with van der Waals surface area (Å²) in [5.41, 5.74) is 2.69. The zero-order chi connectivity index (χ0) is 20.4. The largest absolute Gasteiger partial charge is 0.508 e. The summed E-state index contributed by atoms with van der Waals surface area (Å²) in [6.45, 7) is 2.20. The number of esters is 1. The van der Waals surface area contributed by atoms with Gasteiger partial charge in [-0.25, -0.2) is 9.59 Å². The van der Waals surface area contributed by atoms with Crippen LogP contribution in [0.4, 0.5) is 4.79 Å². The van der Waals surface area contributed by atoms with E-state index in [1.165, 1.54) is 7.11 Å². The lowest BCUT2D eigenvalue weighted by atomic mass is 9.96.